The van der Waals surface area contributed by atoms with Crippen LogP contribution in [-0.4, -0.2) is 120 Å². The molecule has 0 aliphatic heterocycles. The van der Waals surface area contributed by atoms with Gasteiger partial charge in [0.05, 0.1) is 16.1 Å². The van der Waals surface area contributed by atoms with Gasteiger partial charge < -0.3 is 31.2 Å². The first kappa shape index (κ1) is 71.1. The van der Waals surface area contributed by atoms with Gasteiger partial charge in [0.25, 0.3) is 10.0 Å². The molecule has 0 fully saturated rings. The van der Waals surface area contributed by atoms with Crippen LogP contribution in [0.2, 0.25) is 129 Å². The van der Waals surface area contributed by atoms with Crippen LogP contribution >= 0.6 is 0 Å². The number of benzene rings is 3. The van der Waals surface area contributed by atoms with E-state index < -0.39 is 77.5 Å². The van der Waals surface area contributed by atoms with Gasteiger partial charge in [-0.1, -0.05) is 139 Å². The Morgan fingerprint density at radius 2 is 0.712 bits per heavy atom. The van der Waals surface area contributed by atoms with E-state index in [0.29, 0.717) is 0 Å². The third kappa shape index (κ3) is 27.1. The van der Waals surface area contributed by atoms with Crippen molar-refractivity contribution in [2.45, 2.75) is 159 Å². The first-order valence-corrected chi connectivity index (χ1v) is 48.1. The maximum absolute atomic E-state index is 7.01. The SMILES string of the molecule is C.C.C.C.C=C[Si](C)(C)c1ccc(N(C)C)cc1.CN(C)c1ccc([Si](C)(C)CC[Si](C)(C)O[Si](C)(C)O[Si](C)(C)CC[Si](C)(C)c2ccc(N(C)C)cc2)cc1.C[SiH](C)O[SiH2]O[SiH](C)C. The molecule has 0 saturated carbocycles. The van der Waals surface area contributed by atoms with Crippen molar-refractivity contribution in [3.63, 3.8) is 0 Å². The Hall–Kier alpha value is -1.41. The lowest BCUT2D eigenvalue weighted by Gasteiger charge is -2.40. The van der Waals surface area contributed by atoms with Gasteiger partial charge in [-0.15, -0.1) is 6.58 Å². The monoisotopic (exact) mass is 1070 g/mol. The lowest BCUT2D eigenvalue weighted by Crippen LogP contribution is -2.54. The molecular formula is C50H109N3O4Si9. The molecular weight excluding hydrogens is 959 g/mol. The van der Waals surface area contributed by atoms with Gasteiger partial charge in [0.1, 0.15) is 8.07 Å². The Balaban J connectivity index is -0.000000586. The maximum Gasteiger partial charge on any atom is 0.311 e. The zero-order valence-corrected chi connectivity index (χ0v) is 53.6. The Kier molecular flexibility index (Phi) is 33.5. The minimum Gasteiger partial charge on any atom is -0.444 e. The molecule has 0 radical (unpaired) electrons. The van der Waals surface area contributed by atoms with Gasteiger partial charge in [0, 0.05) is 59.3 Å². The normalized spacial score (nSPS) is 11.9. The summed E-state index contributed by atoms with van der Waals surface area (Å²) in [7, 11) is 0.111. The minimum atomic E-state index is -2.22. The van der Waals surface area contributed by atoms with Gasteiger partial charge in [-0.2, -0.15) is 0 Å². The summed E-state index contributed by atoms with van der Waals surface area (Å²) >= 11 is 0. The molecule has 0 aliphatic rings. The molecule has 3 rings (SSSR count). The third-order valence-electron chi connectivity index (χ3n) is 11.5. The predicted molar refractivity (Wildman–Crippen MR) is 333 cm³/mol. The number of hydrogen-bond donors (Lipinski definition) is 0. The van der Waals surface area contributed by atoms with Gasteiger partial charge in [0.2, 0.25) is 0 Å². The molecule has 16 heteroatoms. The summed E-state index contributed by atoms with van der Waals surface area (Å²) in [5.74, 6) is 0. The number of anilines is 3. The Bertz CT molecular complexity index is 1640. The second-order valence-corrected chi connectivity index (χ2v) is 55.4. The highest BCUT2D eigenvalue weighted by atomic mass is 28.5. The van der Waals surface area contributed by atoms with Crippen molar-refractivity contribution in [2.75, 3.05) is 57.0 Å². The molecule has 0 spiro atoms. The van der Waals surface area contributed by atoms with E-state index in [4.69, 9.17) is 16.5 Å². The van der Waals surface area contributed by atoms with Crippen molar-refractivity contribution >= 4 is 110 Å². The lowest BCUT2D eigenvalue weighted by atomic mass is 10.3. The van der Waals surface area contributed by atoms with Gasteiger partial charge >= 0.3 is 8.56 Å². The molecule has 0 saturated heterocycles. The quantitative estimate of drug-likeness (QED) is 0.0985. The van der Waals surface area contributed by atoms with Crippen LogP contribution in [0.5, 0.6) is 0 Å². The highest BCUT2D eigenvalue weighted by Crippen LogP contribution is 2.30. The first-order valence-electron chi connectivity index (χ1n) is 22.9. The molecule has 384 valence electrons. The van der Waals surface area contributed by atoms with Crippen LogP contribution in [0.15, 0.2) is 85.1 Å². The summed E-state index contributed by atoms with van der Waals surface area (Å²) in [6, 6.07) is 32.2. The zero-order valence-electron chi connectivity index (χ0n) is 43.9. The summed E-state index contributed by atoms with van der Waals surface area (Å²) < 4.78 is 24.9. The molecule has 0 heterocycles. The predicted octanol–water partition coefficient (Wildman–Crippen LogP) is 12.4. The van der Waals surface area contributed by atoms with Crippen LogP contribution < -0.4 is 30.3 Å². The van der Waals surface area contributed by atoms with Crippen LogP contribution in [0.25, 0.3) is 0 Å². The van der Waals surface area contributed by atoms with Gasteiger partial charge in [-0.3, -0.25) is 0 Å². The van der Waals surface area contributed by atoms with Crippen molar-refractivity contribution in [2.24, 2.45) is 0 Å². The van der Waals surface area contributed by atoms with E-state index >= 15 is 0 Å². The van der Waals surface area contributed by atoms with Crippen LogP contribution in [0.4, 0.5) is 17.1 Å². The molecule has 0 aromatic heterocycles. The van der Waals surface area contributed by atoms with E-state index in [-0.39, 0.29) is 29.7 Å². The van der Waals surface area contributed by atoms with Crippen LogP contribution in [0, 0.1) is 0 Å². The Morgan fingerprint density at radius 1 is 0.455 bits per heavy atom. The van der Waals surface area contributed by atoms with Crippen molar-refractivity contribution in [1.29, 1.82) is 0 Å². The van der Waals surface area contributed by atoms with Crippen LogP contribution in [0.1, 0.15) is 29.7 Å². The van der Waals surface area contributed by atoms with E-state index in [1.54, 1.807) is 10.4 Å². The first-order chi connectivity index (χ1) is 28.2. The molecule has 0 bridgehead atoms. The smallest absolute Gasteiger partial charge is 0.311 e. The molecule has 3 aromatic carbocycles. The average molecular weight is 1070 g/mol. The molecule has 0 amide bonds. The van der Waals surface area contributed by atoms with Crippen molar-refractivity contribution in [3.05, 3.63) is 85.1 Å². The summed E-state index contributed by atoms with van der Waals surface area (Å²) in [5.41, 5.74) is 5.92. The zero-order chi connectivity index (χ0) is 47.9. The maximum atomic E-state index is 7.01. The van der Waals surface area contributed by atoms with Crippen LogP contribution in [0.3, 0.4) is 0 Å². The number of hydrogen-bond acceptors (Lipinski definition) is 7. The molecule has 0 N–H and O–H groups in total. The number of nitrogens with zero attached hydrogens (tertiary/aromatic N) is 3. The molecule has 3 aromatic rings. The highest BCUT2D eigenvalue weighted by molar-refractivity contribution is 6.94. The number of rotatable bonds is 21. The summed E-state index contributed by atoms with van der Waals surface area (Å²) in [6.45, 7) is 41.5. The fraction of sp³-hybridized carbons (Fsp3) is 0.600. The standard InChI is InChI=1S/C30H58N2O2Si5.C12H19NSi.C4H16O2Si3.4CH4/c1-31(2)27-15-19-29(20-16-27)35(5,6)23-25-37(9,10)33-39(13,14)34-38(11,12)26-24-36(7,8)30-21-17-28(18-22-30)32(3)4;1-6-14(4,5)12-9-7-11(8-10-12)13(2)3;1-8(2)5-7-6-9(3)4;;;;/h15-22H,23-26H2,1-14H3;6-10H,1H2,2-5H3;8-9H,7H2,1-4H3;4*1H4. The Labute approximate surface area is 424 Å². The molecule has 7 nitrogen and oxygen atoms in total. The highest BCUT2D eigenvalue weighted by Gasteiger charge is 2.41. The average Bonchev–Trinajstić information content (AvgIpc) is 3.16. The minimum absolute atomic E-state index is 0. The second-order valence-electron chi connectivity index (χ2n) is 21.7. The van der Waals surface area contributed by atoms with Gasteiger partial charge in [0.15, 0.2) is 34.7 Å². The molecule has 66 heavy (non-hydrogen) atoms. The van der Waals surface area contributed by atoms with Crippen LogP contribution in [-0.2, 0) is 16.5 Å². The third-order valence-corrected chi connectivity index (χ3v) is 39.8. The van der Waals surface area contributed by atoms with E-state index in [9.17, 15) is 0 Å². The van der Waals surface area contributed by atoms with Crippen molar-refractivity contribution in [3.8, 4) is 0 Å². The molecule has 0 atom stereocenters. The van der Waals surface area contributed by atoms with E-state index in [1.165, 1.54) is 46.4 Å². The topological polar surface area (TPSA) is 46.6 Å². The fourth-order valence-corrected chi connectivity index (χ4v) is 36.0. The largest absolute Gasteiger partial charge is 0.444 e. The van der Waals surface area contributed by atoms with E-state index in [2.05, 4.69) is 247 Å². The van der Waals surface area contributed by atoms with Gasteiger partial charge in [-0.05, 0) is 114 Å². The lowest BCUT2D eigenvalue weighted by molar-refractivity contribution is 0.389. The van der Waals surface area contributed by atoms with Crippen molar-refractivity contribution in [1.82, 2.24) is 0 Å². The van der Waals surface area contributed by atoms with Gasteiger partial charge in [-0.25, -0.2) is 0 Å². The van der Waals surface area contributed by atoms with Crippen molar-refractivity contribution < 1.29 is 16.5 Å². The van der Waals surface area contributed by atoms with E-state index in [0.717, 1.165) is 0 Å². The molecule has 0 aliphatic carbocycles. The van der Waals surface area contributed by atoms with E-state index in [1.807, 2.05) is 0 Å². The summed E-state index contributed by atoms with van der Waals surface area (Å²) in [4.78, 5) is 6.46. The fourth-order valence-electron chi connectivity index (χ4n) is 7.01. The molecule has 0 unspecified atom stereocenters. The summed E-state index contributed by atoms with van der Waals surface area (Å²) in [6.07, 6.45) is 0. The Morgan fingerprint density at radius 3 is 0.939 bits per heavy atom. The second kappa shape index (κ2) is 31.0. The summed E-state index contributed by atoms with van der Waals surface area (Å²) in [5, 5.41) is 4.53.